The van der Waals surface area contributed by atoms with Crippen LogP contribution in [0.15, 0.2) is 6.20 Å². The fourth-order valence-corrected chi connectivity index (χ4v) is 2.10. The molecular formula is C13H22N4O. The highest BCUT2D eigenvalue weighted by molar-refractivity contribution is 5.94. The molecule has 18 heavy (non-hydrogen) atoms. The van der Waals surface area contributed by atoms with Gasteiger partial charge in [-0.1, -0.05) is 0 Å². The van der Waals surface area contributed by atoms with Crippen molar-refractivity contribution in [3.63, 3.8) is 0 Å². The molecule has 1 aromatic heterocycles. The number of hydrogen-bond donors (Lipinski definition) is 1. The van der Waals surface area contributed by atoms with E-state index in [0.29, 0.717) is 12.5 Å². The summed E-state index contributed by atoms with van der Waals surface area (Å²) >= 11 is 0. The first kappa shape index (κ1) is 13.1. The minimum absolute atomic E-state index is 0.0819. The first-order chi connectivity index (χ1) is 8.63. The van der Waals surface area contributed by atoms with E-state index >= 15 is 0 Å². The second-order valence-electron chi connectivity index (χ2n) is 5.14. The molecule has 1 fully saturated rings. The van der Waals surface area contributed by atoms with E-state index in [-0.39, 0.29) is 5.91 Å². The van der Waals surface area contributed by atoms with E-state index in [1.807, 2.05) is 23.6 Å². The van der Waals surface area contributed by atoms with Crippen LogP contribution in [0, 0.1) is 12.8 Å². The molecule has 0 spiro atoms. The largest absolute Gasteiger partial charge is 0.341 e. The first-order valence-corrected chi connectivity index (χ1v) is 6.61. The summed E-state index contributed by atoms with van der Waals surface area (Å²) in [6.07, 6.45) is 5.07. The minimum atomic E-state index is 0.0819. The standard InChI is InChI=1S/C13H22N4O/c1-10-12(8-15-17(10)7-3-6-14)13(18)16(2)9-11-4-5-11/h8,11H,3-7,9,14H2,1-2H3. The van der Waals surface area contributed by atoms with Crippen LogP contribution >= 0.6 is 0 Å². The fraction of sp³-hybridized carbons (Fsp3) is 0.692. The maximum atomic E-state index is 12.3. The molecule has 1 aliphatic rings. The predicted molar refractivity (Wildman–Crippen MR) is 70.3 cm³/mol. The number of nitrogens with two attached hydrogens (primary N) is 1. The van der Waals surface area contributed by atoms with E-state index in [0.717, 1.165) is 30.8 Å². The summed E-state index contributed by atoms with van der Waals surface area (Å²) in [4.78, 5) is 14.1. The third-order valence-corrected chi connectivity index (χ3v) is 3.48. The third-order valence-electron chi connectivity index (χ3n) is 3.48. The molecule has 1 saturated carbocycles. The monoisotopic (exact) mass is 250 g/mol. The van der Waals surface area contributed by atoms with Gasteiger partial charge in [-0.3, -0.25) is 9.48 Å². The van der Waals surface area contributed by atoms with E-state index in [9.17, 15) is 4.79 Å². The van der Waals surface area contributed by atoms with Crippen LogP contribution in [-0.2, 0) is 6.54 Å². The second kappa shape index (κ2) is 5.52. The van der Waals surface area contributed by atoms with Gasteiger partial charge in [-0.25, -0.2) is 0 Å². The zero-order valence-corrected chi connectivity index (χ0v) is 11.2. The smallest absolute Gasteiger partial charge is 0.257 e. The SMILES string of the molecule is Cc1c(C(=O)N(C)CC2CC2)cnn1CCCN. The van der Waals surface area contributed by atoms with E-state index in [4.69, 9.17) is 5.73 Å². The van der Waals surface area contributed by atoms with Gasteiger partial charge in [0.15, 0.2) is 0 Å². The highest BCUT2D eigenvalue weighted by Crippen LogP contribution is 2.29. The summed E-state index contributed by atoms with van der Waals surface area (Å²) in [6, 6.07) is 0. The lowest BCUT2D eigenvalue weighted by Crippen LogP contribution is -2.29. The lowest BCUT2D eigenvalue weighted by atomic mass is 10.2. The quantitative estimate of drug-likeness (QED) is 0.820. The zero-order valence-electron chi connectivity index (χ0n) is 11.2. The van der Waals surface area contributed by atoms with Crippen LogP contribution in [0.1, 0.15) is 35.3 Å². The molecule has 2 N–H and O–H groups in total. The average molecular weight is 250 g/mol. The lowest BCUT2D eigenvalue weighted by molar-refractivity contribution is 0.0788. The van der Waals surface area contributed by atoms with E-state index < -0.39 is 0 Å². The van der Waals surface area contributed by atoms with Gasteiger partial charge in [0, 0.05) is 25.8 Å². The molecule has 1 heterocycles. The van der Waals surface area contributed by atoms with Crippen LogP contribution in [0.5, 0.6) is 0 Å². The van der Waals surface area contributed by atoms with Gasteiger partial charge < -0.3 is 10.6 Å². The summed E-state index contributed by atoms with van der Waals surface area (Å²) in [5.41, 5.74) is 7.15. The third kappa shape index (κ3) is 2.90. The summed E-state index contributed by atoms with van der Waals surface area (Å²) in [5.74, 6) is 0.796. The Balaban J connectivity index is 2.02. The van der Waals surface area contributed by atoms with Gasteiger partial charge in [0.25, 0.3) is 5.91 Å². The van der Waals surface area contributed by atoms with E-state index in [2.05, 4.69) is 5.10 Å². The number of aromatic nitrogens is 2. The molecule has 0 atom stereocenters. The van der Waals surface area contributed by atoms with Crippen molar-refractivity contribution in [1.29, 1.82) is 0 Å². The van der Waals surface area contributed by atoms with Crippen LogP contribution in [0.25, 0.3) is 0 Å². The van der Waals surface area contributed by atoms with Gasteiger partial charge in [-0.2, -0.15) is 5.10 Å². The minimum Gasteiger partial charge on any atom is -0.341 e. The zero-order chi connectivity index (χ0) is 13.1. The molecule has 1 aromatic rings. The number of rotatable bonds is 6. The van der Waals surface area contributed by atoms with Crippen LogP contribution in [0.4, 0.5) is 0 Å². The Hall–Kier alpha value is -1.36. The van der Waals surface area contributed by atoms with Crippen molar-refractivity contribution >= 4 is 5.91 Å². The Morgan fingerprint density at radius 2 is 2.33 bits per heavy atom. The van der Waals surface area contributed by atoms with Gasteiger partial charge in [-0.15, -0.1) is 0 Å². The van der Waals surface area contributed by atoms with Crippen molar-refractivity contribution in [1.82, 2.24) is 14.7 Å². The molecule has 0 saturated heterocycles. The lowest BCUT2D eigenvalue weighted by Gasteiger charge is -2.16. The van der Waals surface area contributed by atoms with Gasteiger partial charge in [0.2, 0.25) is 0 Å². The summed E-state index contributed by atoms with van der Waals surface area (Å²) in [5, 5.41) is 4.27. The van der Waals surface area contributed by atoms with Gasteiger partial charge in [0.1, 0.15) is 0 Å². The Kier molecular flexibility index (Phi) is 4.01. The highest BCUT2D eigenvalue weighted by atomic mass is 16.2. The molecular weight excluding hydrogens is 228 g/mol. The molecule has 0 aromatic carbocycles. The van der Waals surface area contributed by atoms with Crippen molar-refractivity contribution in [3.05, 3.63) is 17.5 Å². The topological polar surface area (TPSA) is 64.2 Å². The van der Waals surface area contributed by atoms with Crippen molar-refractivity contribution in [2.24, 2.45) is 11.7 Å². The van der Waals surface area contributed by atoms with Gasteiger partial charge in [0.05, 0.1) is 11.8 Å². The molecule has 0 aliphatic heterocycles. The number of carbonyl (C=O) groups is 1. The van der Waals surface area contributed by atoms with Crippen molar-refractivity contribution < 1.29 is 4.79 Å². The maximum absolute atomic E-state index is 12.3. The molecule has 2 rings (SSSR count). The van der Waals surface area contributed by atoms with Crippen LogP contribution in [0.3, 0.4) is 0 Å². The maximum Gasteiger partial charge on any atom is 0.257 e. The Morgan fingerprint density at radius 1 is 1.61 bits per heavy atom. The van der Waals surface area contributed by atoms with Crippen LogP contribution < -0.4 is 5.73 Å². The number of hydrogen-bond acceptors (Lipinski definition) is 3. The molecule has 5 heteroatoms. The second-order valence-corrected chi connectivity index (χ2v) is 5.14. The molecule has 0 radical (unpaired) electrons. The van der Waals surface area contributed by atoms with E-state index in [1.54, 1.807) is 6.20 Å². The fourth-order valence-electron chi connectivity index (χ4n) is 2.10. The normalized spacial score (nSPS) is 14.8. The number of aryl methyl sites for hydroxylation is 1. The number of nitrogens with zero attached hydrogens (tertiary/aromatic N) is 3. The predicted octanol–water partition coefficient (Wildman–Crippen LogP) is 1.02. The molecule has 0 unspecified atom stereocenters. The highest BCUT2D eigenvalue weighted by Gasteiger charge is 2.26. The summed E-state index contributed by atoms with van der Waals surface area (Å²) in [6.45, 7) is 4.24. The molecule has 100 valence electrons. The molecule has 1 aliphatic carbocycles. The molecule has 5 nitrogen and oxygen atoms in total. The van der Waals surface area contributed by atoms with Crippen LogP contribution in [0.2, 0.25) is 0 Å². The Bertz CT molecular complexity index is 423. The number of carbonyl (C=O) groups excluding carboxylic acids is 1. The Labute approximate surface area is 108 Å². The van der Waals surface area contributed by atoms with Crippen molar-refractivity contribution in [2.45, 2.75) is 32.7 Å². The van der Waals surface area contributed by atoms with Gasteiger partial charge >= 0.3 is 0 Å². The number of amides is 1. The van der Waals surface area contributed by atoms with Crippen LogP contribution in [-0.4, -0.2) is 40.7 Å². The Morgan fingerprint density at radius 3 is 2.94 bits per heavy atom. The molecule has 0 bridgehead atoms. The van der Waals surface area contributed by atoms with Gasteiger partial charge in [-0.05, 0) is 38.6 Å². The first-order valence-electron chi connectivity index (χ1n) is 6.61. The van der Waals surface area contributed by atoms with Crippen molar-refractivity contribution in [2.75, 3.05) is 20.1 Å². The van der Waals surface area contributed by atoms with Crippen molar-refractivity contribution in [3.8, 4) is 0 Å². The van der Waals surface area contributed by atoms with E-state index in [1.165, 1.54) is 12.8 Å². The summed E-state index contributed by atoms with van der Waals surface area (Å²) in [7, 11) is 1.87. The summed E-state index contributed by atoms with van der Waals surface area (Å²) < 4.78 is 1.87. The average Bonchev–Trinajstić information content (AvgIpc) is 3.09. The molecule has 1 amide bonds.